The van der Waals surface area contributed by atoms with Gasteiger partial charge >= 0.3 is 0 Å². The van der Waals surface area contributed by atoms with Crippen LogP contribution in [-0.2, 0) is 0 Å². The standard InChI is InChI=1S/C14H13ClN2O/c15-12-7-2-1-5-11(12)14(18)17-16-13-8-9-4-3-6-10(9)13/h1-3,5-7,9-10H,4,8H2,(H,17,18)/b16-13-/t9-,10+/m0/s1. The maximum atomic E-state index is 11.9. The molecule has 0 heterocycles. The number of carbonyl (C=O) groups is 1. The zero-order chi connectivity index (χ0) is 12.5. The maximum Gasteiger partial charge on any atom is 0.272 e. The van der Waals surface area contributed by atoms with Gasteiger partial charge in [-0.15, -0.1) is 0 Å². The lowest BCUT2D eigenvalue weighted by Gasteiger charge is -2.31. The average Bonchev–Trinajstić information content (AvgIpc) is 2.71. The minimum absolute atomic E-state index is 0.251. The number of nitrogens with zero attached hydrogens (tertiary/aromatic N) is 1. The van der Waals surface area contributed by atoms with E-state index in [1.54, 1.807) is 24.3 Å². The first-order valence-electron chi connectivity index (χ1n) is 6.03. The Morgan fingerprint density at radius 1 is 1.39 bits per heavy atom. The number of halogens is 1. The van der Waals surface area contributed by atoms with Gasteiger partial charge in [0, 0.05) is 11.6 Å². The second-order valence-corrected chi connectivity index (χ2v) is 5.08. The van der Waals surface area contributed by atoms with Crippen molar-refractivity contribution >= 4 is 23.2 Å². The Morgan fingerprint density at radius 2 is 2.22 bits per heavy atom. The number of carbonyl (C=O) groups excluding carboxylic acids is 1. The van der Waals surface area contributed by atoms with Gasteiger partial charge < -0.3 is 0 Å². The van der Waals surface area contributed by atoms with Crippen molar-refractivity contribution in [3.05, 3.63) is 47.0 Å². The Kier molecular flexibility index (Phi) is 2.92. The van der Waals surface area contributed by atoms with Crippen LogP contribution in [-0.4, -0.2) is 11.6 Å². The summed E-state index contributed by atoms with van der Waals surface area (Å²) in [4.78, 5) is 11.9. The summed E-state index contributed by atoms with van der Waals surface area (Å²) in [7, 11) is 0. The molecule has 1 aromatic rings. The zero-order valence-corrected chi connectivity index (χ0v) is 10.5. The minimum Gasteiger partial charge on any atom is -0.267 e. The second-order valence-electron chi connectivity index (χ2n) is 4.68. The molecule has 3 rings (SSSR count). The molecule has 3 nitrogen and oxygen atoms in total. The fourth-order valence-corrected chi connectivity index (χ4v) is 2.71. The summed E-state index contributed by atoms with van der Waals surface area (Å²) in [5.41, 5.74) is 4.11. The van der Waals surface area contributed by atoms with E-state index in [1.165, 1.54) is 0 Å². The van der Waals surface area contributed by atoms with E-state index >= 15 is 0 Å². The number of hydrogen-bond donors (Lipinski definition) is 1. The minimum atomic E-state index is -0.251. The molecule has 0 bridgehead atoms. The van der Waals surface area contributed by atoms with E-state index in [0.29, 0.717) is 22.4 Å². The first-order chi connectivity index (χ1) is 8.75. The van der Waals surface area contributed by atoms with E-state index in [2.05, 4.69) is 22.7 Å². The van der Waals surface area contributed by atoms with Crippen LogP contribution >= 0.6 is 11.6 Å². The molecule has 1 saturated carbocycles. The molecule has 2 atom stereocenters. The Balaban J connectivity index is 1.67. The van der Waals surface area contributed by atoms with Gasteiger partial charge in [0.05, 0.1) is 10.6 Å². The predicted octanol–water partition coefficient (Wildman–Crippen LogP) is 3.02. The Labute approximate surface area is 111 Å². The van der Waals surface area contributed by atoms with E-state index in [0.717, 1.165) is 18.6 Å². The van der Waals surface area contributed by atoms with Crippen molar-refractivity contribution in [3.63, 3.8) is 0 Å². The van der Waals surface area contributed by atoms with Crippen molar-refractivity contribution in [2.24, 2.45) is 16.9 Å². The van der Waals surface area contributed by atoms with Gasteiger partial charge in [0.2, 0.25) is 0 Å². The van der Waals surface area contributed by atoms with Crippen LogP contribution in [0, 0.1) is 11.8 Å². The number of benzene rings is 1. The summed E-state index contributed by atoms with van der Waals surface area (Å²) in [6.45, 7) is 0. The highest BCUT2D eigenvalue weighted by molar-refractivity contribution is 6.33. The van der Waals surface area contributed by atoms with Gasteiger partial charge in [-0.2, -0.15) is 5.10 Å². The third-order valence-electron chi connectivity index (χ3n) is 3.57. The summed E-state index contributed by atoms with van der Waals surface area (Å²) < 4.78 is 0. The lowest BCUT2D eigenvalue weighted by molar-refractivity contribution is 0.0954. The van der Waals surface area contributed by atoms with Crippen molar-refractivity contribution < 1.29 is 4.79 Å². The Morgan fingerprint density at radius 3 is 3.00 bits per heavy atom. The number of hydrogen-bond acceptors (Lipinski definition) is 2. The number of fused-ring (bicyclic) bond motifs is 1. The Hall–Kier alpha value is -1.61. The van der Waals surface area contributed by atoms with Crippen molar-refractivity contribution in [1.29, 1.82) is 0 Å². The molecule has 0 unspecified atom stereocenters. The summed E-state index contributed by atoms with van der Waals surface area (Å²) in [5, 5.41) is 4.64. The normalized spacial score (nSPS) is 26.8. The number of allylic oxidation sites excluding steroid dienone is 2. The molecule has 0 aliphatic heterocycles. The van der Waals surface area contributed by atoms with Crippen molar-refractivity contribution in [3.8, 4) is 0 Å². The average molecular weight is 261 g/mol. The number of nitrogens with one attached hydrogen (secondary N) is 1. The molecule has 18 heavy (non-hydrogen) atoms. The third kappa shape index (κ3) is 1.95. The number of amides is 1. The maximum absolute atomic E-state index is 11.9. The first-order valence-corrected chi connectivity index (χ1v) is 6.41. The molecule has 92 valence electrons. The van der Waals surface area contributed by atoms with E-state index in [-0.39, 0.29) is 5.91 Å². The van der Waals surface area contributed by atoms with Crippen molar-refractivity contribution in [2.75, 3.05) is 0 Å². The SMILES string of the molecule is O=C(N/N=C1/C[C@@H]2CC=C[C@@H]12)c1ccccc1Cl. The zero-order valence-electron chi connectivity index (χ0n) is 9.77. The van der Waals surface area contributed by atoms with Crippen LogP contribution in [0.1, 0.15) is 23.2 Å². The van der Waals surface area contributed by atoms with E-state index < -0.39 is 0 Å². The lowest BCUT2D eigenvalue weighted by atomic mass is 9.74. The molecule has 2 aliphatic carbocycles. The molecular weight excluding hydrogens is 248 g/mol. The number of hydrazone groups is 1. The highest BCUT2D eigenvalue weighted by Gasteiger charge is 2.37. The van der Waals surface area contributed by atoms with Crippen LogP contribution in [0.25, 0.3) is 0 Å². The quantitative estimate of drug-likeness (QED) is 0.645. The fraction of sp³-hybridized carbons (Fsp3) is 0.286. The van der Waals surface area contributed by atoms with E-state index in [4.69, 9.17) is 11.6 Å². The first kappa shape index (κ1) is 11.5. The molecule has 1 fully saturated rings. The van der Waals surface area contributed by atoms with Crippen LogP contribution in [0.3, 0.4) is 0 Å². The van der Waals surface area contributed by atoms with Crippen molar-refractivity contribution in [1.82, 2.24) is 5.43 Å². The monoisotopic (exact) mass is 260 g/mol. The highest BCUT2D eigenvalue weighted by atomic mass is 35.5. The van der Waals surface area contributed by atoms with Gasteiger partial charge in [-0.3, -0.25) is 4.79 Å². The Bertz CT molecular complexity index is 550. The molecule has 1 amide bonds. The van der Waals surface area contributed by atoms with Gasteiger partial charge in [0.1, 0.15) is 0 Å². The smallest absolute Gasteiger partial charge is 0.267 e. The molecule has 0 radical (unpaired) electrons. The molecule has 1 aromatic carbocycles. The van der Waals surface area contributed by atoms with Crippen LogP contribution in [0.2, 0.25) is 5.02 Å². The number of rotatable bonds is 2. The predicted molar refractivity (Wildman–Crippen MR) is 71.7 cm³/mol. The fourth-order valence-electron chi connectivity index (χ4n) is 2.49. The topological polar surface area (TPSA) is 41.5 Å². The van der Waals surface area contributed by atoms with Gasteiger partial charge in [-0.25, -0.2) is 5.43 Å². The van der Waals surface area contributed by atoms with Gasteiger partial charge in [0.15, 0.2) is 0 Å². The molecule has 4 heteroatoms. The van der Waals surface area contributed by atoms with Crippen LogP contribution in [0.4, 0.5) is 0 Å². The third-order valence-corrected chi connectivity index (χ3v) is 3.90. The van der Waals surface area contributed by atoms with Crippen molar-refractivity contribution in [2.45, 2.75) is 12.8 Å². The summed E-state index contributed by atoms with van der Waals surface area (Å²) in [6, 6.07) is 6.97. The van der Waals surface area contributed by atoms with Crippen LogP contribution in [0.5, 0.6) is 0 Å². The molecule has 2 aliphatic rings. The van der Waals surface area contributed by atoms with Crippen LogP contribution in [0.15, 0.2) is 41.5 Å². The highest BCUT2D eigenvalue weighted by Crippen LogP contribution is 2.40. The lowest BCUT2D eigenvalue weighted by Crippen LogP contribution is -2.35. The molecule has 0 spiro atoms. The second kappa shape index (κ2) is 4.58. The van der Waals surface area contributed by atoms with Gasteiger partial charge in [-0.1, -0.05) is 35.9 Å². The van der Waals surface area contributed by atoms with E-state index in [9.17, 15) is 4.79 Å². The summed E-state index contributed by atoms with van der Waals surface area (Å²) in [5.74, 6) is 0.899. The van der Waals surface area contributed by atoms with E-state index in [1.807, 2.05) is 0 Å². The summed E-state index contributed by atoms with van der Waals surface area (Å²) >= 11 is 5.95. The molecule has 0 aromatic heterocycles. The molecule has 1 N–H and O–H groups in total. The summed E-state index contributed by atoms with van der Waals surface area (Å²) in [6.07, 6.45) is 6.49. The molecule has 0 saturated heterocycles. The largest absolute Gasteiger partial charge is 0.272 e. The van der Waals surface area contributed by atoms with Crippen LogP contribution < -0.4 is 5.43 Å². The molecular formula is C14H13ClN2O. The van der Waals surface area contributed by atoms with Gasteiger partial charge in [0.25, 0.3) is 5.91 Å². The van der Waals surface area contributed by atoms with Gasteiger partial charge in [-0.05, 0) is 30.9 Å².